The normalized spacial score (nSPS) is 18.6. The Morgan fingerprint density at radius 2 is 1.86 bits per heavy atom. The van der Waals surface area contributed by atoms with Gasteiger partial charge in [-0.3, -0.25) is 4.79 Å². The van der Waals surface area contributed by atoms with Crippen LogP contribution in [0.1, 0.15) is 45.4 Å². The van der Waals surface area contributed by atoms with Gasteiger partial charge >= 0.3 is 6.09 Å². The first-order valence-corrected chi connectivity index (χ1v) is 13.7. The number of ether oxygens (including phenoxy) is 1. The smallest absolute Gasteiger partial charge is 0.410 e. The van der Waals surface area contributed by atoms with Gasteiger partial charge in [0.05, 0.1) is 29.2 Å². The predicted octanol–water partition coefficient (Wildman–Crippen LogP) is 3.49. The number of carbonyl (C=O) groups excluding carboxylic acids is 2. The van der Waals surface area contributed by atoms with Crippen molar-refractivity contribution >= 4 is 33.2 Å². The molecule has 1 aliphatic heterocycles. The maximum Gasteiger partial charge on any atom is 0.410 e. The first kappa shape index (κ1) is 26.6. The monoisotopic (exact) mass is 527 g/mol. The van der Waals surface area contributed by atoms with Crippen molar-refractivity contribution in [3.8, 4) is 0 Å². The van der Waals surface area contributed by atoms with Crippen molar-refractivity contribution in [2.45, 2.75) is 58.1 Å². The number of fused-ring (bicyclic) bond motifs is 1. The fourth-order valence-corrected chi connectivity index (χ4v) is 5.54. The summed E-state index contributed by atoms with van der Waals surface area (Å²) in [6, 6.07) is 8.19. The Morgan fingerprint density at radius 1 is 1.16 bits per heavy atom. The molecule has 3 aromatic rings. The van der Waals surface area contributed by atoms with E-state index in [1.165, 1.54) is 12.4 Å². The molecule has 1 saturated heterocycles. The van der Waals surface area contributed by atoms with E-state index in [0.717, 1.165) is 9.54 Å². The van der Waals surface area contributed by atoms with Crippen LogP contribution in [0.4, 0.5) is 4.79 Å². The van der Waals surface area contributed by atoms with E-state index >= 15 is 0 Å². The molecule has 2 amide bonds. The van der Waals surface area contributed by atoms with Gasteiger partial charge in [0, 0.05) is 19.3 Å². The van der Waals surface area contributed by atoms with Crippen molar-refractivity contribution < 1.29 is 22.7 Å². The third-order valence-electron chi connectivity index (χ3n) is 6.37. The van der Waals surface area contributed by atoms with Crippen molar-refractivity contribution in [2.75, 3.05) is 13.1 Å². The standard InChI is InChI=1S/C26H33N5O5S/c1-17-6-8-20(9-7-17)37(34,35)31-13-11-22-23(31)27-14-19(29-22)15-28-24(32)21-16-30(12-10-18(21)2)25(33)36-26(3,4)5/h6-9,11,13-14,18,21H,10,12,15-16H2,1-5H3,(H,28,32)/t18-,21+/m1/s1. The van der Waals surface area contributed by atoms with Crippen LogP contribution in [0.5, 0.6) is 0 Å². The predicted molar refractivity (Wildman–Crippen MR) is 138 cm³/mol. The number of carbonyl (C=O) groups is 2. The van der Waals surface area contributed by atoms with Crippen LogP contribution in [-0.4, -0.2) is 57.9 Å². The highest BCUT2D eigenvalue weighted by atomic mass is 32.2. The molecule has 2 aromatic heterocycles. The zero-order valence-corrected chi connectivity index (χ0v) is 22.6. The second kappa shape index (κ2) is 10.1. The maximum atomic E-state index is 13.1. The Hall–Kier alpha value is -3.47. The minimum atomic E-state index is -3.82. The summed E-state index contributed by atoms with van der Waals surface area (Å²) in [6.07, 6.45) is 3.17. The van der Waals surface area contributed by atoms with Crippen molar-refractivity contribution in [1.82, 2.24) is 24.2 Å². The van der Waals surface area contributed by atoms with E-state index in [9.17, 15) is 18.0 Å². The molecule has 2 atom stereocenters. The van der Waals surface area contributed by atoms with Gasteiger partial charge in [-0.05, 0) is 58.2 Å². The lowest BCUT2D eigenvalue weighted by molar-refractivity contribution is -0.128. The maximum absolute atomic E-state index is 13.1. The van der Waals surface area contributed by atoms with Crippen LogP contribution in [0.25, 0.3) is 11.2 Å². The quantitative estimate of drug-likeness (QED) is 0.539. The number of aromatic nitrogens is 3. The van der Waals surface area contributed by atoms with Gasteiger partial charge < -0.3 is 15.0 Å². The molecule has 1 aliphatic rings. The van der Waals surface area contributed by atoms with Crippen LogP contribution in [0.3, 0.4) is 0 Å². The number of hydrogen-bond donors (Lipinski definition) is 1. The zero-order chi connectivity index (χ0) is 27.0. The number of benzene rings is 1. The number of aryl methyl sites for hydroxylation is 1. The molecule has 0 spiro atoms. The van der Waals surface area contributed by atoms with E-state index in [2.05, 4.69) is 15.3 Å². The van der Waals surface area contributed by atoms with E-state index < -0.39 is 21.7 Å². The molecule has 10 nitrogen and oxygen atoms in total. The molecular formula is C26H33N5O5S. The SMILES string of the molecule is Cc1ccc(S(=O)(=O)n2ccc3nc(CNC(=O)[C@H]4CN(C(=O)OC(C)(C)C)CC[C@H]4C)cnc32)cc1. The Labute approximate surface area is 217 Å². The average Bonchev–Trinajstić information content (AvgIpc) is 3.26. The number of nitrogens with zero attached hydrogens (tertiary/aromatic N) is 4. The second-order valence-corrected chi connectivity index (χ2v) is 12.3. The second-order valence-electron chi connectivity index (χ2n) is 10.5. The van der Waals surface area contributed by atoms with Gasteiger partial charge in [0.25, 0.3) is 10.0 Å². The highest BCUT2D eigenvalue weighted by Crippen LogP contribution is 2.25. The molecule has 3 heterocycles. The average molecular weight is 528 g/mol. The van der Waals surface area contributed by atoms with Gasteiger partial charge in [0.15, 0.2) is 5.65 Å². The minimum Gasteiger partial charge on any atom is -0.444 e. The molecule has 1 fully saturated rings. The fourth-order valence-electron chi connectivity index (χ4n) is 4.24. The molecule has 0 aliphatic carbocycles. The van der Waals surface area contributed by atoms with Crippen LogP contribution in [-0.2, 0) is 26.1 Å². The highest BCUT2D eigenvalue weighted by molar-refractivity contribution is 7.90. The van der Waals surface area contributed by atoms with E-state index in [-0.39, 0.29) is 41.4 Å². The first-order valence-electron chi connectivity index (χ1n) is 12.3. The van der Waals surface area contributed by atoms with Gasteiger partial charge in [0.2, 0.25) is 5.91 Å². The number of piperidine rings is 1. The highest BCUT2D eigenvalue weighted by Gasteiger charge is 2.35. The molecule has 0 saturated carbocycles. The van der Waals surface area contributed by atoms with Gasteiger partial charge in [0.1, 0.15) is 11.1 Å². The molecular weight excluding hydrogens is 494 g/mol. The van der Waals surface area contributed by atoms with Gasteiger partial charge in [-0.15, -0.1) is 0 Å². The van der Waals surface area contributed by atoms with E-state index in [1.54, 1.807) is 35.2 Å². The third kappa shape index (κ3) is 5.93. The van der Waals surface area contributed by atoms with Gasteiger partial charge in [-0.1, -0.05) is 24.6 Å². The van der Waals surface area contributed by atoms with Gasteiger partial charge in [-0.2, -0.15) is 0 Å². The first-order chi connectivity index (χ1) is 17.3. The topological polar surface area (TPSA) is 123 Å². The lowest BCUT2D eigenvalue weighted by Crippen LogP contribution is -2.49. The van der Waals surface area contributed by atoms with Crippen molar-refractivity contribution in [3.05, 3.63) is 54.0 Å². The number of rotatable bonds is 5. The van der Waals surface area contributed by atoms with Crippen LogP contribution in [0, 0.1) is 18.8 Å². The zero-order valence-electron chi connectivity index (χ0n) is 21.8. The number of nitrogens with one attached hydrogen (secondary N) is 1. The van der Waals surface area contributed by atoms with E-state index in [0.29, 0.717) is 24.2 Å². The lowest BCUT2D eigenvalue weighted by Gasteiger charge is -2.36. The molecule has 0 radical (unpaired) electrons. The van der Waals surface area contributed by atoms with Crippen molar-refractivity contribution in [2.24, 2.45) is 11.8 Å². The molecule has 1 aromatic carbocycles. The Balaban J connectivity index is 1.44. The molecule has 0 unspecified atom stereocenters. The molecule has 1 N–H and O–H groups in total. The molecule has 0 bridgehead atoms. The van der Waals surface area contributed by atoms with Gasteiger partial charge in [-0.25, -0.2) is 27.2 Å². The molecule has 11 heteroatoms. The summed E-state index contributed by atoms with van der Waals surface area (Å²) in [5.41, 5.74) is 1.48. The Kier molecular flexibility index (Phi) is 7.27. The lowest BCUT2D eigenvalue weighted by atomic mass is 9.86. The van der Waals surface area contributed by atoms with Crippen LogP contribution >= 0.6 is 0 Å². The summed E-state index contributed by atoms with van der Waals surface area (Å²) in [4.78, 5) is 36.0. The van der Waals surface area contributed by atoms with E-state index in [4.69, 9.17) is 4.74 Å². The number of amides is 2. The van der Waals surface area contributed by atoms with Crippen LogP contribution in [0.15, 0.2) is 47.6 Å². The van der Waals surface area contributed by atoms with Crippen LogP contribution in [0.2, 0.25) is 0 Å². The number of likely N-dealkylation sites (tertiary alicyclic amines) is 1. The summed E-state index contributed by atoms with van der Waals surface area (Å²) in [6.45, 7) is 10.3. The summed E-state index contributed by atoms with van der Waals surface area (Å²) < 4.78 is 32.7. The number of hydrogen-bond acceptors (Lipinski definition) is 7. The summed E-state index contributed by atoms with van der Waals surface area (Å²) in [5, 5.41) is 2.89. The Morgan fingerprint density at radius 3 is 2.54 bits per heavy atom. The summed E-state index contributed by atoms with van der Waals surface area (Å²) in [5.74, 6) is -0.450. The molecule has 198 valence electrons. The largest absolute Gasteiger partial charge is 0.444 e. The minimum absolute atomic E-state index is 0.105. The molecule has 37 heavy (non-hydrogen) atoms. The summed E-state index contributed by atoms with van der Waals surface area (Å²) in [7, 11) is -3.82. The Bertz CT molecular complexity index is 1410. The van der Waals surface area contributed by atoms with E-state index in [1.807, 2.05) is 34.6 Å². The summed E-state index contributed by atoms with van der Waals surface area (Å²) >= 11 is 0. The molecule has 4 rings (SSSR count). The third-order valence-corrected chi connectivity index (χ3v) is 8.05. The van der Waals surface area contributed by atoms with Crippen LogP contribution < -0.4 is 5.32 Å². The van der Waals surface area contributed by atoms with Crippen molar-refractivity contribution in [1.29, 1.82) is 0 Å². The van der Waals surface area contributed by atoms with Crippen molar-refractivity contribution in [3.63, 3.8) is 0 Å². The fraction of sp³-hybridized carbons (Fsp3) is 0.462.